The highest BCUT2D eigenvalue weighted by atomic mass is 16.2. The minimum atomic E-state index is -0.895. The van der Waals surface area contributed by atoms with Gasteiger partial charge in [-0.1, -0.05) is 48.5 Å². The van der Waals surface area contributed by atoms with Crippen LogP contribution < -0.4 is 10.2 Å². The Bertz CT molecular complexity index is 1250. The van der Waals surface area contributed by atoms with Gasteiger partial charge < -0.3 is 10.2 Å². The predicted molar refractivity (Wildman–Crippen MR) is 134 cm³/mol. The third-order valence-electron chi connectivity index (χ3n) is 6.07. The zero-order valence-electron chi connectivity index (χ0n) is 19.7. The fourth-order valence-electron chi connectivity index (χ4n) is 4.29. The summed E-state index contributed by atoms with van der Waals surface area (Å²) in [6, 6.07) is 22.6. The molecule has 0 radical (unpaired) electrons. The summed E-state index contributed by atoms with van der Waals surface area (Å²) in [6.45, 7) is 3.56. The Balaban J connectivity index is 1.61. The number of aryl methyl sites for hydroxylation is 1. The zero-order valence-corrected chi connectivity index (χ0v) is 19.7. The van der Waals surface area contributed by atoms with Crippen molar-refractivity contribution >= 4 is 35.0 Å². The molecule has 7 heteroatoms. The van der Waals surface area contributed by atoms with Crippen LogP contribution >= 0.6 is 0 Å². The van der Waals surface area contributed by atoms with E-state index in [4.69, 9.17) is 0 Å². The van der Waals surface area contributed by atoms with Crippen LogP contribution in [0.15, 0.2) is 78.9 Å². The second-order valence-corrected chi connectivity index (χ2v) is 8.56. The smallest absolute Gasteiger partial charge is 0.257 e. The van der Waals surface area contributed by atoms with Gasteiger partial charge in [-0.3, -0.25) is 19.2 Å². The van der Waals surface area contributed by atoms with Crippen molar-refractivity contribution in [3.05, 3.63) is 95.6 Å². The molecular formula is C28H27N3O4. The van der Waals surface area contributed by atoms with Crippen LogP contribution in [-0.4, -0.2) is 41.1 Å². The largest absolute Gasteiger partial charge is 0.326 e. The molecule has 1 aliphatic rings. The number of imide groups is 1. The SMILES string of the molecule is CC(=O)Nc1ccc(N2C(=O)CC(N(CCc3ccccc3)C(=O)c3ccccc3C)C2=O)cc1. The number of hydrogen-bond donors (Lipinski definition) is 1. The van der Waals surface area contributed by atoms with Crippen LogP contribution in [0.1, 0.15) is 34.8 Å². The van der Waals surface area contributed by atoms with Crippen LogP contribution in [0.4, 0.5) is 11.4 Å². The number of nitrogens with zero attached hydrogens (tertiary/aromatic N) is 2. The van der Waals surface area contributed by atoms with Gasteiger partial charge in [-0.15, -0.1) is 0 Å². The topological polar surface area (TPSA) is 86.8 Å². The third kappa shape index (κ3) is 5.30. The summed E-state index contributed by atoms with van der Waals surface area (Å²) in [5.41, 5.74) is 3.33. The molecule has 1 unspecified atom stereocenters. The number of carbonyl (C=O) groups excluding carboxylic acids is 4. The van der Waals surface area contributed by atoms with Crippen molar-refractivity contribution in [1.82, 2.24) is 4.90 Å². The summed E-state index contributed by atoms with van der Waals surface area (Å²) in [4.78, 5) is 54.0. The maximum absolute atomic E-state index is 13.6. The van der Waals surface area contributed by atoms with Crippen molar-refractivity contribution in [1.29, 1.82) is 0 Å². The summed E-state index contributed by atoms with van der Waals surface area (Å²) in [6.07, 6.45) is 0.473. The van der Waals surface area contributed by atoms with E-state index in [-0.39, 0.29) is 24.1 Å². The van der Waals surface area contributed by atoms with Gasteiger partial charge in [0.15, 0.2) is 0 Å². The van der Waals surface area contributed by atoms with Crippen LogP contribution in [0, 0.1) is 6.92 Å². The van der Waals surface area contributed by atoms with Crippen LogP contribution in [0.2, 0.25) is 0 Å². The zero-order chi connectivity index (χ0) is 24.9. The van der Waals surface area contributed by atoms with Gasteiger partial charge in [0, 0.05) is 24.7 Å². The highest BCUT2D eigenvalue weighted by Gasteiger charge is 2.44. The summed E-state index contributed by atoms with van der Waals surface area (Å²) in [5, 5.41) is 2.66. The van der Waals surface area contributed by atoms with Gasteiger partial charge >= 0.3 is 0 Å². The first-order valence-corrected chi connectivity index (χ1v) is 11.5. The van der Waals surface area contributed by atoms with Crippen molar-refractivity contribution in [3.63, 3.8) is 0 Å². The average Bonchev–Trinajstić information content (AvgIpc) is 3.14. The number of hydrogen-bond acceptors (Lipinski definition) is 4. The molecule has 178 valence electrons. The first-order chi connectivity index (χ1) is 16.8. The number of nitrogens with one attached hydrogen (secondary N) is 1. The number of benzene rings is 3. The van der Waals surface area contributed by atoms with Gasteiger partial charge in [-0.2, -0.15) is 0 Å². The molecular weight excluding hydrogens is 442 g/mol. The highest BCUT2D eigenvalue weighted by Crippen LogP contribution is 2.28. The monoisotopic (exact) mass is 469 g/mol. The molecule has 1 N–H and O–H groups in total. The molecule has 0 bridgehead atoms. The maximum Gasteiger partial charge on any atom is 0.257 e. The first kappa shape index (κ1) is 23.9. The Kier molecular flexibility index (Phi) is 7.06. The van der Waals surface area contributed by atoms with E-state index in [2.05, 4.69) is 5.32 Å². The van der Waals surface area contributed by atoms with Crippen LogP contribution in [0.3, 0.4) is 0 Å². The molecule has 3 aromatic carbocycles. The molecule has 1 heterocycles. The van der Waals surface area contributed by atoms with Gasteiger partial charge in [-0.05, 0) is 54.8 Å². The van der Waals surface area contributed by atoms with E-state index in [1.54, 1.807) is 36.4 Å². The van der Waals surface area contributed by atoms with Gasteiger partial charge in [0.1, 0.15) is 6.04 Å². The Morgan fingerprint density at radius 3 is 2.26 bits per heavy atom. The quantitative estimate of drug-likeness (QED) is 0.531. The number of anilines is 2. The van der Waals surface area contributed by atoms with Crippen molar-refractivity contribution in [2.75, 3.05) is 16.8 Å². The second kappa shape index (κ2) is 10.3. The van der Waals surface area contributed by atoms with Crippen molar-refractivity contribution in [3.8, 4) is 0 Å². The van der Waals surface area contributed by atoms with E-state index < -0.39 is 11.9 Å². The van der Waals surface area contributed by atoms with Crippen molar-refractivity contribution in [2.24, 2.45) is 0 Å². The second-order valence-electron chi connectivity index (χ2n) is 8.56. The van der Waals surface area contributed by atoms with Crippen molar-refractivity contribution < 1.29 is 19.2 Å². The Labute approximate surface area is 204 Å². The van der Waals surface area contributed by atoms with E-state index in [0.29, 0.717) is 29.9 Å². The molecule has 1 atom stereocenters. The van der Waals surface area contributed by atoms with Crippen LogP contribution in [0.25, 0.3) is 0 Å². The Morgan fingerprint density at radius 1 is 0.943 bits per heavy atom. The first-order valence-electron chi connectivity index (χ1n) is 11.5. The lowest BCUT2D eigenvalue weighted by Crippen LogP contribution is -2.46. The lowest BCUT2D eigenvalue weighted by molar-refractivity contribution is -0.122. The molecule has 4 amide bonds. The molecule has 7 nitrogen and oxygen atoms in total. The fourth-order valence-corrected chi connectivity index (χ4v) is 4.29. The highest BCUT2D eigenvalue weighted by molar-refractivity contribution is 6.23. The summed E-state index contributed by atoms with van der Waals surface area (Å²) in [7, 11) is 0. The van der Waals surface area contributed by atoms with Gasteiger partial charge in [0.05, 0.1) is 12.1 Å². The van der Waals surface area contributed by atoms with Gasteiger partial charge in [0.2, 0.25) is 11.8 Å². The standard InChI is InChI=1S/C28H27N3O4/c1-19-8-6-7-11-24(19)27(34)30(17-16-21-9-4-3-5-10-21)25-18-26(33)31(28(25)35)23-14-12-22(13-15-23)29-20(2)32/h3-15,25H,16-18H2,1-2H3,(H,29,32). The van der Waals surface area contributed by atoms with Crippen LogP contribution in [-0.2, 0) is 20.8 Å². The number of rotatable bonds is 7. The van der Waals surface area contributed by atoms with Gasteiger partial charge in [0.25, 0.3) is 11.8 Å². The molecule has 1 saturated heterocycles. The van der Waals surface area contributed by atoms with Gasteiger partial charge in [-0.25, -0.2) is 4.90 Å². The summed E-state index contributed by atoms with van der Waals surface area (Å²) in [5.74, 6) is -1.28. The Morgan fingerprint density at radius 2 is 1.60 bits per heavy atom. The third-order valence-corrected chi connectivity index (χ3v) is 6.07. The van der Waals surface area contributed by atoms with E-state index in [1.807, 2.05) is 49.4 Å². The molecule has 0 aromatic heterocycles. The molecule has 4 rings (SSSR count). The van der Waals surface area contributed by atoms with E-state index >= 15 is 0 Å². The molecule has 1 fully saturated rings. The Hall–Kier alpha value is -4.26. The molecule has 0 aliphatic carbocycles. The lowest BCUT2D eigenvalue weighted by atomic mass is 10.0. The normalized spacial score (nSPS) is 15.3. The summed E-state index contributed by atoms with van der Waals surface area (Å²) < 4.78 is 0. The lowest BCUT2D eigenvalue weighted by Gasteiger charge is -2.28. The number of carbonyl (C=O) groups is 4. The minimum absolute atomic E-state index is 0.0846. The predicted octanol–water partition coefficient (Wildman–Crippen LogP) is 3.97. The minimum Gasteiger partial charge on any atom is -0.326 e. The maximum atomic E-state index is 13.6. The molecule has 3 aromatic rings. The molecule has 35 heavy (non-hydrogen) atoms. The summed E-state index contributed by atoms with van der Waals surface area (Å²) >= 11 is 0. The molecule has 0 spiro atoms. The van der Waals surface area contributed by atoms with E-state index in [1.165, 1.54) is 11.8 Å². The van der Waals surface area contributed by atoms with Crippen molar-refractivity contribution in [2.45, 2.75) is 32.7 Å². The molecule has 1 aliphatic heterocycles. The fraction of sp³-hybridized carbons (Fsp3) is 0.214. The molecule has 0 saturated carbocycles. The average molecular weight is 470 g/mol. The van der Waals surface area contributed by atoms with Crippen LogP contribution in [0.5, 0.6) is 0 Å². The van der Waals surface area contributed by atoms with E-state index in [9.17, 15) is 19.2 Å². The number of amides is 4. The van der Waals surface area contributed by atoms with E-state index in [0.717, 1.165) is 16.0 Å².